The Kier molecular flexibility index (Phi) is 7.19. The van der Waals surface area contributed by atoms with Crippen molar-refractivity contribution in [3.63, 3.8) is 0 Å². The Balaban J connectivity index is 2.00. The van der Waals surface area contributed by atoms with Gasteiger partial charge in [0.2, 0.25) is 0 Å². The van der Waals surface area contributed by atoms with Gasteiger partial charge in [0, 0.05) is 12.7 Å². The first kappa shape index (κ1) is 23.5. The van der Waals surface area contributed by atoms with Gasteiger partial charge in [0.1, 0.15) is 12.2 Å². The number of allylic oxidation sites excluding steroid dienone is 1. The Bertz CT molecular complexity index is 863. The lowest BCUT2D eigenvalue weighted by molar-refractivity contribution is -0.131. The highest BCUT2D eigenvalue weighted by Gasteiger charge is 2.51. The third-order valence-electron chi connectivity index (χ3n) is 6.25. The Hall–Kier alpha value is -2.21. The van der Waals surface area contributed by atoms with Crippen molar-refractivity contribution < 1.29 is 18.7 Å². The van der Waals surface area contributed by atoms with Crippen LogP contribution in [0, 0.1) is 5.92 Å². The van der Waals surface area contributed by atoms with Crippen LogP contribution in [-0.2, 0) is 18.7 Å². The lowest BCUT2D eigenvalue weighted by Crippen LogP contribution is -2.67. The molecular weight excluding hydrogens is 404 g/mol. The Morgan fingerprint density at radius 1 is 1.00 bits per heavy atom. The van der Waals surface area contributed by atoms with Gasteiger partial charge >= 0.3 is 0 Å². The fourth-order valence-corrected chi connectivity index (χ4v) is 9.11. The molecule has 4 nitrogen and oxygen atoms in total. The SMILES string of the molecule is COC(CO[Si](c1ccccc1)(c1ccccc1)C(C)(C)C)C1OC=C(C)C(=O)C1C. The summed E-state index contributed by atoms with van der Waals surface area (Å²) in [6.45, 7) is 10.8. The normalized spacial score (nSPS) is 20.7. The molecule has 2 aromatic rings. The van der Waals surface area contributed by atoms with Crippen LogP contribution in [0.1, 0.15) is 34.6 Å². The van der Waals surface area contributed by atoms with Crippen LogP contribution in [0.3, 0.4) is 0 Å². The van der Waals surface area contributed by atoms with E-state index in [1.165, 1.54) is 10.4 Å². The van der Waals surface area contributed by atoms with E-state index in [9.17, 15) is 4.79 Å². The van der Waals surface area contributed by atoms with Gasteiger partial charge in [-0.05, 0) is 22.3 Å². The fraction of sp³-hybridized carbons (Fsp3) is 0.423. The molecule has 3 unspecified atom stereocenters. The number of hydrogen-bond donors (Lipinski definition) is 0. The second-order valence-electron chi connectivity index (χ2n) is 9.30. The Morgan fingerprint density at radius 3 is 1.97 bits per heavy atom. The summed E-state index contributed by atoms with van der Waals surface area (Å²) in [6.07, 6.45) is 0.825. The number of ketones is 1. The maximum atomic E-state index is 12.5. The molecule has 0 amide bonds. The van der Waals surface area contributed by atoms with Crippen LogP contribution in [0.4, 0.5) is 0 Å². The number of carbonyl (C=O) groups excluding carboxylic acids is 1. The zero-order valence-electron chi connectivity index (χ0n) is 19.4. The molecule has 1 aliphatic heterocycles. The highest BCUT2D eigenvalue weighted by molar-refractivity contribution is 6.99. The second kappa shape index (κ2) is 9.51. The number of hydrogen-bond acceptors (Lipinski definition) is 4. The third kappa shape index (κ3) is 4.54. The van der Waals surface area contributed by atoms with Gasteiger partial charge in [-0.3, -0.25) is 4.79 Å². The molecule has 2 aromatic carbocycles. The molecule has 0 spiro atoms. The summed E-state index contributed by atoms with van der Waals surface area (Å²) >= 11 is 0. The fourth-order valence-electron chi connectivity index (χ4n) is 4.54. The molecule has 0 bridgehead atoms. The van der Waals surface area contributed by atoms with Crippen molar-refractivity contribution in [3.8, 4) is 0 Å². The molecule has 0 radical (unpaired) electrons. The number of Topliss-reactive ketones (excluding diaryl/α,β-unsaturated/α-hetero) is 1. The predicted molar refractivity (Wildman–Crippen MR) is 127 cm³/mol. The van der Waals surface area contributed by atoms with Crippen LogP contribution in [0.25, 0.3) is 0 Å². The molecule has 0 fully saturated rings. The molecule has 0 aromatic heterocycles. The van der Waals surface area contributed by atoms with Gasteiger partial charge in [-0.15, -0.1) is 0 Å². The van der Waals surface area contributed by atoms with Gasteiger partial charge in [-0.2, -0.15) is 0 Å². The van der Waals surface area contributed by atoms with Crippen molar-refractivity contribution in [1.29, 1.82) is 0 Å². The Morgan fingerprint density at radius 2 is 1.52 bits per heavy atom. The highest BCUT2D eigenvalue weighted by atomic mass is 28.4. The quantitative estimate of drug-likeness (QED) is 0.611. The minimum Gasteiger partial charge on any atom is -0.494 e. The maximum absolute atomic E-state index is 12.5. The van der Waals surface area contributed by atoms with Gasteiger partial charge in [-0.25, -0.2) is 0 Å². The molecule has 0 saturated carbocycles. The van der Waals surface area contributed by atoms with E-state index in [0.29, 0.717) is 12.2 Å². The molecule has 0 saturated heterocycles. The molecule has 1 heterocycles. The second-order valence-corrected chi connectivity index (χ2v) is 13.6. The van der Waals surface area contributed by atoms with E-state index in [0.717, 1.165) is 0 Å². The highest BCUT2D eigenvalue weighted by Crippen LogP contribution is 2.37. The van der Waals surface area contributed by atoms with Gasteiger partial charge in [0.15, 0.2) is 5.78 Å². The van der Waals surface area contributed by atoms with Gasteiger partial charge in [0.25, 0.3) is 8.32 Å². The van der Waals surface area contributed by atoms with Crippen molar-refractivity contribution in [1.82, 2.24) is 0 Å². The number of benzene rings is 2. The summed E-state index contributed by atoms with van der Waals surface area (Å²) in [7, 11) is -1.02. The van der Waals surface area contributed by atoms with Gasteiger partial charge in [0.05, 0.1) is 18.8 Å². The molecule has 3 atom stereocenters. The lowest BCUT2D eigenvalue weighted by Gasteiger charge is -2.44. The molecule has 3 rings (SSSR count). The van der Waals surface area contributed by atoms with Crippen LogP contribution >= 0.6 is 0 Å². The van der Waals surface area contributed by atoms with Crippen molar-refractivity contribution in [2.45, 2.75) is 51.9 Å². The molecule has 166 valence electrons. The summed E-state index contributed by atoms with van der Waals surface area (Å²) in [6, 6.07) is 21.0. The number of carbonyl (C=O) groups is 1. The zero-order valence-corrected chi connectivity index (χ0v) is 20.4. The Labute approximate surface area is 187 Å². The van der Waals surface area contributed by atoms with E-state index in [1.54, 1.807) is 20.3 Å². The third-order valence-corrected chi connectivity index (χ3v) is 11.3. The molecule has 5 heteroatoms. The van der Waals surface area contributed by atoms with Crippen molar-refractivity contribution >= 4 is 24.5 Å². The first-order chi connectivity index (χ1) is 14.7. The molecule has 0 aliphatic carbocycles. The number of rotatable bonds is 7. The number of ether oxygens (including phenoxy) is 2. The summed E-state index contributed by atoms with van der Waals surface area (Å²) in [4.78, 5) is 12.5. The van der Waals surface area contributed by atoms with Crippen LogP contribution in [-0.4, -0.2) is 40.0 Å². The van der Waals surface area contributed by atoms with E-state index >= 15 is 0 Å². The van der Waals surface area contributed by atoms with E-state index < -0.39 is 8.32 Å². The van der Waals surface area contributed by atoms with E-state index in [2.05, 4.69) is 69.3 Å². The molecular formula is C26H34O4Si. The monoisotopic (exact) mass is 438 g/mol. The van der Waals surface area contributed by atoms with E-state index in [-0.39, 0.29) is 28.9 Å². The van der Waals surface area contributed by atoms with Crippen LogP contribution in [0.15, 0.2) is 72.5 Å². The van der Waals surface area contributed by atoms with Gasteiger partial charge in [-0.1, -0.05) is 88.4 Å². The van der Waals surface area contributed by atoms with Crippen molar-refractivity contribution in [2.75, 3.05) is 13.7 Å². The minimum atomic E-state index is -2.68. The van der Waals surface area contributed by atoms with Crippen molar-refractivity contribution in [2.24, 2.45) is 5.92 Å². The van der Waals surface area contributed by atoms with Crippen LogP contribution in [0.5, 0.6) is 0 Å². The largest absolute Gasteiger partial charge is 0.494 e. The standard InChI is InChI=1S/C26H34O4Si/c1-19-17-29-25(20(2)24(19)27)23(28-6)18-30-31(26(3,4)5,21-13-9-7-10-14-21)22-15-11-8-12-16-22/h7-17,20,23,25H,18H2,1-6H3. The molecule has 31 heavy (non-hydrogen) atoms. The first-order valence-electron chi connectivity index (χ1n) is 10.9. The van der Waals surface area contributed by atoms with Gasteiger partial charge < -0.3 is 13.9 Å². The minimum absolute atomic E-state index is 0.101. The van der Waals surface area contributed by atoms with Crippen LogP contribution in [0.2, 0.25) is 5.04 Å². The van der Waals surface area contributed by atoms with E-state index in [1.807, 2.05) is 19.1 Å². The van der Waals surface area contributed by atoms with Crippen molar-refractivity contribution in [3.05, 3.63) is 72.5 Å². The summed E-state index contributed by atoms with van der Waals surface area (Å²) in [5, 5.41) is 2.31. The maximum Gasteiger partial charge on any atom is 0.261 e. The zero-order chi connectivity index (χ0) is 22.6. The average Bonchev–Trinajstić information content (AvgIpc) is 2.76. The lowest BCUT2D eigenvalue weighted by atomic mass is 9.90. The first-order valence-corrected chi connectivity index (χ1v) is 12.8. The smallest absolute Gasteiger partial charge is 0.261 e. The topological polar surface area (TPSA) is 44.8 Å². The van der Waals surface area contributed by atoms with Crippen LogP contribution < -0.4 is 10.4 Å². The number of methoxy groups -OCH3 is 1. The summed E-state index contributed by atoms with van der Waals surface area (Å²) in [5.74, 6) is -0.179. The molecule has 0 N–H and O–H groups in total. The van der Waals surface area contributed by atoms with E-state index in [4.69, 9.17) is 13.9 Å². The average molecular weight is 439 g/mol. The molecule has 1 aliphatic rings. The summed E-state index contributed by atoms with van der Waals surface area (Å²) in [5.41, 5.74) is 0.645. The predicted octanol–water partition coefficient (Wildman–Crippen LogP) is 4.09. The summed E-state index contributed by atoms with van der Waals surface area (Å²) < 4.78 is 18.7.